The summed E-state index contributed by atoms with van der Waals surface area (Å²) in [6, 6.07) is 14.4. The molecule has 0 amide bonds. The maximum Gasteiger partial charge on any atom is 0.334 e. The first kappa shape index (κ1) is 22.9. The van der Waals surface area contributed by atoms with Gasteiger partial charge < -0.3 is 9.47 Å². The van der Waals surface area contributed by atoms with Crippen molar-refractivity contribution < 1.29 is 18.5 Å². The molecule has 0 saturated carbocycles. The van der Waals surface area contributed by atoms with E-state index in [4.69, 9.17) is 9.47 Å². The fourth-order valence-corrected chi connectivity index (χ4v) is 4.44. The number of carbonyl (C=O) groups is 1. The van der Waals surface area contributed by atoms with E-state index >= 15 is 0 Å². The van der Waals surface area contributed by atoms with Gasteiger partial charge in [0.2, 0.25) is 0 Å². The van der Waals surface area contributed by atoms with Gasteiger partial charge in [-0.2, -0.15) is 4.36 Å². The summed E-state index contributed by atoms with van der Waals surface area (Å²) < 4.78 is 28.1. The Morgan fingerprint density at radius 1 is 1.06 bits per heavy atom. The van der Waals surface area contributed by atoms with Crippen LogP contribution in [0.4, 0.5) is 5.69 Å². The lowest BCUT2D eigenvalue weighted by molar-refractivity contribution is -0.136. The van der Waals surface area contributed by atoms with E-state index < -0.39 is 9.73 Å². The summed E-state index contributed by atoms with van der Waals surface area (Å²) in [4.78, 5) is 12.3. The van der Waals surface area contributed by atoms with E-state index in [2.05, 4.69) is 21.9 Å². The van der Waals surface area contributed by atoms with Crippen LogP contribution in [-0.4, -0.2) is 30.7 Å². The summed E-state index contributed by atoms with van der Waals surface area (Å²) in [5, 5.41) is 0. The van der Waals surface area contributed by atoms with Crippen LogP contribution in [-0.2, 0) is 19.3 Å². The molecule has 0 radical (unpaired) electrons. The number of nitrogens with zero attached hydrogens (tertiary/aromatic N) is 1. The third-order valence-corrected chi connectivity index (χ3v) is 6.28. The molecule has 32 heavy (non-hydrogen) atoms. The van der Waals surface area contributed by atoms with E-state index in [1.54, 1.807) is 61.9 Å². The van der Waals surface area contributed by atoms with Crippen molar-refractivity contribution in [2.75, 3.05) is 20.5 Å². The van der Waals surface area contributed by atoms with E-state index in [0.717, 1.165) is 0 Å². The minimum absolute atomic E-state index is 0.383. The van der Waals surface area contributed by atoms with Crippen molar-refractivity contribution in [2.45, 2.75) is 11.3 Å². The molecule has 0 spiro atoms. The largest absolute Gasteiger partial charge is 0.495 e. The molecule has 0 aromatic heterocycles. The van der Waals surface area contributed by atoms with Crippen molar-refractivity contribution in [1.82, 2.24) is 0 Å². The topological polar surface area (TPSA) is 65.0 Å². The summed E-state index contributed by atoms with van der Waals surface area (Å²) in [6.07, 6.45) is 8.96. The molecule has 0 bridgehead atoms. The second-order valence-electron chi connectivity index (χ2n) is 6.84. The number of esters is 1. The molecule has 2 aromatic carbocycles. The molecular formula is C26H23NO4S. The molecule has 0 saturated heterocycles. The number of para-hydroxylation sites is 1. The predicted octanol–water partition coefficient (Wildman–Crippen LogP) is 4.98. The van der Waals surface area contributed by atoms with E-state index in [-0.39, 0.29) is 5.97 Å². The quantitative estimate of drug-likeness (QED) is 0.378. The normalized spacial score (nSPS) is 17.7. The number of rotatable bonds is 4. The number of hydrogen-bond acceptors (Lipinski definition) is 5. The molecule has 1 atom stereocenters. The van der Waals surface area contributed by atoms with Crippen LogP contribution < -0.4 is 4.74 Å². The Labute approximate surface area is 188 Å². The van der Waals surface area contributed by atoms with Crippen molar-refractivity contribution in [3.63, 3.8) is 0 Å². The fraction of sp³-hybridized carbons (Fsp3) is 0.154. The van der Waals surface area contributed by atoms with Gasteiger partial charge in [-0.3, -0.25) is 0 Å². The lowest BCUT2D eigenvalue weighted by atomic mass is 10.1. The van der Waals surface area contributed by atoms with Crippen LogP contribution in [0.25, 0.3) is 0 Å². The predicted molar refractivity (Wildman–Crippen MR) is 126 cm³/mol. The van der Waals surface area contributed by atoms with Crippen LogP contribution >= 0.6 is 0 Å². The van der Waals surface area contributed by atoms with Gasteiger partial charge in [0, 0.05) is 23.8 Å². The Balaban J connectivity index is 2.01. The molecule has 1 unspecified atom stereocenters. The van der Waals surface area contributed by atoms with Crippen molar-refractivity contribution >= 4 is 21.4 Å². The van der Waals surface area contributed by atoms with Crippen molar-refractivity contribution in [3.05, 3.63) is 95.3 Å². The average Bonchev–Trinajstić information content (AvgIpc) is 2.79. The molecule has 0 heterocycles. The van der Waals surface area contributed by atoms with Gasteiger partial charge in [-0.25, -0.2) is 9.00 Å². The Kier molecular flexibility index (Phi) is 7.51. The van der Waals surface area contributed by atoms with Gasteiger partial charge in [0.15, 0.2) is 0 Å². The van der Waals surface area contributed by atoms with Gasteiger partial charge in [0.25, 0.3) is 0 Å². The first-order valence-corrected chi connectivity index (χ1v) is 11.7. The zero-order chi connectivity index (χ0) is 23.0. The van der Waals surface area contributed by atoms with Crippen LogP contribution in [0.15, 0.2) is 99.0 Å². The fourth-order valence-electron chi connectivity index (χ4n) is 2.95. The minimum Gasteiger partial charge on any atom is -0.495 e. The highest BCUT2D eigenvalue weighted by molar-refractivity contribution is 7.93. The second-order valence-corrected chi connectivity index (χ2v) is 9.06. The highest BCUT2D eigenvalue weighted by atomic mass is 32.2. The van der Waals surface area contributed by atoms with Gasteiger partial charge in [-0.15, -0.1) is 5.73 Å². The molecule has 1 aliphatic rings. The maximum atomic E-state index is 13.4. The standard InChI is InChI=1S/C26H23NO4S/c1-30-24-14-8-9-15-25(24)32(3,29)27-23-13-7-6-11-21(23)18-16-20-10-4-5-12-22(19-17-20)26(28)31-2/h5-11,13-15,17,19H,12H2,1-3H3/b20-17+,22-19+. The number of methoxy groups -OCH3 is 2. The molecular weight excluding hydrogens is 422 g/mol. The molecule has 162 valence electrons. The lowest BCUT2D eigenvalue weighted by Crippen LogP contribution is -2.03. The number of carbonyl (C=O) groups excluding carboxylic acids is 1. The third kappa shape index (κ3) is 5.67. The Hall–Kier alpha value is -3.78. The smallest absolute Gasteiger partial charge is 0.334 e. The average molecular weight is 446 g/mol. The first-order chi connectivity index (χ1) is 15.4. The summed E-state index contributed by atoms with van der Waals surface area (Å²) >= 11 is 0. The summed E-state index contributed by atoms with van der Waals surface area (Å²) in [6.45, 7) is 0. The zero-order valence-electron chi connectivity index (χ0n) is 18.1. The van der Waals surface area contributed by atoms with E-state index in [0.29, 0.717) is 39.5 Å². The van der Waals surface area contributed by atoms with Crippen LogP contribution in [0.1, 0.15) is 12.0 Å². The number of benzene rings is 2. The van der Waals surface area contributed by atoms with Crippen molar-refractivity contribution in [1.29, 1.82) is 0 Å². The van der Waals surface area contributed by atoms with Crippen molar-refractivity contribution in [2.24, 2.45) is 4.36 Å². The van der Waals surface area contributed by atoms with Crippen LogP contribution in [0.3, 0.4) is 0 Å². The zero-order valence-corrected chi connectivity index (χ0v) is 18.9. The Bertz CT molecular complexity index is 1340. The molecule has 0 N–H and O–H groups in total. The number of allylic oxidation sites excluding steroid dienone is 4. The van der Waals surface area contributed by atoms with E-state index in [1.165, 1.54) is 7.11 Å². The maximum absolute atomic E-state index is 13.4. The van der Waals surface area contributed by atoms with Gasteiger partial charge >= 0.3 is 5.97 Å². The first-order valence-electron chi connectivity index (χ1n) is 9.81. The highest BCUT2D eigenvalue weighted by Crippen LogP contribution is 2.28. The third-order valence-electron chi connectivity index (χ3n) is 4.59. The van der Waals surface area contributed by atoms with Gasteiger partial charge in [-0.05, 0) is 42.5 Å². The molecule has 5 nitrogen and oxygen atoms in total. The SMILES string of the molecule is COC(=O)/C1=C/C=C(/C#Cc2ccccc2N=S(C)(=O)c2ccccc2OC)C=C=CC1. The van der Waals surface area contributed by atoms with Gasteiger partial charge in [0.05, 0.1) is 40.1 Å². The molecule has 0 aliphatic heterocycles. The van der Waals surface area contributed by atoms with Crippen LogP contribution in [0.5, 0.6) is 5.75 Å². The lowest BCUT2D eigenvalue weighted by Gasteiger charge is -2.10. The Morgan fingerprint density at radius 3 is 2.59 bits per heavy atom. The summed E-state index contributed by atoms with van der Waals surface area (Å²) in [5.74, 6) is 6.31. The summed E-state index contributed by atoms with van der Waals surface area (Å²) in [5.41, 5.74) is 5.36. The van der Waals surface area contributed by atoms with Crippen LogP contribution in [0.2, 0.25) is 0 Å². The van der Waals surface area contributed by atoms with Crippen LogP contribution in [0, 0.1) is 11.8 Å². The summed E-state index contributed by atoms with van der Waals surface area (Å²) in [7, 11) is 0.120. The highest BCUT2D eigenvalue weighted by Gasteiger charge is 2.13. The number of hydrogen-bond donors (Lipinski definition) is 0. The second kappa shape index (κ2) is 10.5. The monoisotopic (exact) mass is 445 g/mol. The van der Waals surface area contributed by atoms with Gasteiger partial charge in [0.1, 0.15) is 5.75 Å². The van der Waals surface area contributed by atoms with E-state index in [1.807, 2.05) is 24.3 Å². The number of ether oxygens (including phenoxy) is 2. The van der Waals surface area contributed by atoms with Gasteiger partial charge in [-0.1, -0.05) is 42.2 Å². The molecule has 0 fully saturated rings. The molecule has 2 aromatic rings. The molecule has 3 rings (SSSR count). The molecule has 1 aliphatic carbocycles. The Morgan fingerprint density at radius 2 is 1.81 bits per heavy atom. The van der Waals surface area contributed by atoms with E-state index in [9.17, 15) is 9.00 Å². The molecule has 6 heteroatoms. The minimum atomic E-state index is -2.77. The van der Waals surface area contributed by atoms with Crippen molar-refractivity contribution in [3.8, 4) is 17.6 Å².